The first kappa shape index (κ1) is 44.1. The van der Waals surface area contributed by atoms with Crippen LogP contribution in [0.4, 0.5) is 0 Å². The molecule has 3 saturated heterocycles. The predicted molar refractivity (Wildman–Crippen MR) is 239 cm³/mol. The van der Waals surface area contributed by atoms with Crippen LogP contribution < -0.4 is 0 Å². The third-order valence-corrected chi connectivity index (χ3v) is 11.7. The topological polar surface area (TPSA) is 92.3 Å². The van der Waals surface area contributed by atoms with Crippen molar-refractivity contribution >= 4 is 0 Å². The Balaban J connectivity index is 1.06. The first-order valence-corrected chi connectivity index (χ1v) is 22.2. The van der Waals surface area contributed by atoms with Gasteiger partial charge in [0.15, 0.2) is 12.6 Å². The SMILES string of the molecule is c1ccc(COC[C@H]2O[C@H](O[C@H]3[C@H](OCc4ccccc4)[C@H](OCc4ccccc4)[C@@H]4OC[C@H]3O4)[C@H](OCc3ccccc3)[C@@H](OCc3ccccc3)[C@H]2OCc2ccccc2)cc1. The van der Waals surface area contributed by atoms with Gasteiger partial charge in [-0.1, -0.05) is 182 Å². The Morgan fingerprint density at radius 2 is 0.719 bits per heavy atom. The summed E-state index contributed by atoms with van der Waals surface area (Å²) in [5.41, 5.74) is 6.10. The van der Waals surface area contributed by atoms with E-state index in [0.717, 1.165) is 33.4 Å². The second-order valence-electron chi connectivity index (χ2n) is 16.3. The maximum atomic E-state index is 7.29. The summed E-state index contributed by atoms with van der Waals surface area (Å²) in [7, 11) is 0. The highest BCUT2D eigenvalue weighted by Crippen LogP contribution is 2.39. The van der Waals surface area contributed by atoms with E-state index in [1.807, 2.05) is 182 Å². The fourth-order valence-electron chi connectivity index (χ4n) is 8.41. The highest BCUT2D eigenvalue weighted by molar-refractivity contribution is 5.18. The minimum atomic E-state index is -0.991. The van der Waals surface area contributed by atoms with Crippen LogP contribution in [0.15, 0.2) is 182 Å². The van der Waals surface area contributed by atoms with Gasteiger partial charge in [-0.2, -0.15) is 0 Å². The van der Waals surface area contributed by atoms with E-state index in [9.17, 15) is 0 Å². The second kappa shape index (κ2) is 22.7. The summed E-state index contributed by atoms with van der Waals surface area (Å²) in [6.07, 6.45) is -6.79. The molecule has 64 heavy (non-hydrogen) atoms. The molecule has 332 valence electrons. The molecule has 3 aliphatic heterocycles. The molecule has 10 atom stereocenters. The van der Waals surface area contributed by atoms with Crippen LogP contribution in [-0.2, 0) is 87.0 Å². The maximum absolute atomic E-state index is 7.29. The number of hydrogen-bond donors (Lipinski definition) is 0. The molecule has 0 spiro atoms. The van der Waals surface area contributed by atoms with Gasteiger partial charge in [0.05, 0.1) is 52.9 Å². The van der Waals surface area contributed by atoms with Crippen molar-refractivity contribution in [2.24, 2.45) is 0 Å². The zero-order chi connectivity index (χ0) is 43.2. The molecular weight excluding hydrogens is 809 g/mol. The molecule has 0 radical (unpaired) electrons. The molecule has 0 aliphatic carbocycles. The zero-order valence-corrected chi connectivity index (χ0v) is 35.8. The quantitative estimate of drug-likeness (QED) is 0.0699. The molecule has 3 fully saturated rings. The van der Waals surface area contributed by atoms with Crippen molar-refractivity contribution in [3.8, 4) is 0 Å². The molecule has 9 rings (SSSR count). The van der Waals surface area contributed by atoms with Crippen molar-refractivity contribution < 1.29 is 47.4 Å². The number of benzene rings is 6. The van der Waals surface area contributed by atoms with Gasteiger partial charge in [-0.25, -0.2) is 0 Å². The second-order valence-corrected chi connectivity index (χ2v) is 16.3. The molecule has 3 heterocycles. The third-order valence-electron chi connectivity index (χ3n) is 11.7. The lowest BCUT2D eigenvalue weighted by Crippen LogP contribution is -2.64. The Morgan fingerprint density at radius 3 is 1.16 bits per heavy atom. The molecule has 10 nitrogen and oxygen atoms in total. The van der Waals surface area contributed by atoms with Gasteiger partial charge < -0.3 is 47.4 Å². The van der Waals surface area contributed by atoms with E-state index in [0.29, 0.717) is 33.0 Å². The van der Waals surface area contributed by atoms with Gasteiger partial charge in [0.1, 0.15) is 48.8 Å². The Labute approximate surface area is 375 Å². The molecule has 0 saturated carbocycles. The summed E-state index contributed by atoms with van der Waals surface area (Å²) in [4.78, 5) is 0. The monoisotopic (exact) mass is 864 g/mol. The summed E-state index contributed by atoms with van der Waals surface area (Å²) in [5, 5.41) is 0. The first-order chi connectivity index (χ1) is 31.7. The van der Waals surface area contributed by atoms with Crippen molar-refractivity contribution in [1.82, 2.24) is 0 Å². The maximum Gasteiger partial charge on any atom is 0.187 e. The van der Waals surface area contributed by atoms with E-state index in [4.69, 9.17) is 47.4 Å². The molecule has 0 amide bonds. The van der Waals surface area contributed by atoms with Gasteiger partial charge in [-0.3, -0.25) is 0 Å². The smallest absolute Gasteiger partial charge is 0.187 e. The summed E-state index contributed by atoms with van der Waals surface area (Å²) in [6.45, 7) is 2.40. The molecule has 0 N–H and O–H groups in total. The van der Waals surface area contributed by atoms with Crippen LogP contribution in [0.1, 0.15) is 33.4 Å². The molecular formula is C54H56O10. The Hall–Kier alpha value is -5.08. The number of hydrogen-bond acceptors (Lipinski definition) is 10. The normalized spacial score (nSPS) is 26.4. The van der Waals surface area contributed by atoms with Crippen molar-refractivity contribution in [3.63, 3.8) is 0 Å². The number of fused-ring (bicyclic) bond motifs is 2. The van der Waals surface area contributed by atoms with Crippen molar-refractivity contribution in [2.45, 2.75) is 101 Å². The Morgan fingerprint density at radius 1 is 0.359 bits per heavy atom. The van der Waals surface area contributed by atoms with Crippen LogP contribution in [0, 0.1) is 0 Å². The fourth-order valence-corrected chi connectivity index (χ4v) is 8.41. The van der Waals surface area contributed by atoms with Crippen LogP contribution in [0.5, 0.6) is 0 Å². The van der Waals surface area contributed by atoms with Gasteiger partial charge in [-0.05, 0) is 33.4 Å². The lowest BCUT2D eigenvalue weighted by atomic mass is 9.96. The van der Waals surface area contributed by atoms with Gasteiger partial charge in [0.2, 0.25) is 0 Å². The Bertz CT molecular complexity index is 2220. The van der Waals surface area contributed by atoms with Gasteiger partial charge >= 0.3 is 0 Å². The molecule has 3 aliphatic rings. The molecule has 6 aromatic rings. The third kappa shape index (κ3) is 11.8. The first-order valence-electron chi connectivity index (χ1n) is 22.2. The van der Waals surface area contributed by atoms with Crippen LogP contribution in [0.25, 0.3) is 0 Å². The van der Waals surface area contributed by atoms with Crippen molar-refractivity contribution in [1.29, 1.82) is 0 Å². The van der Waals surface area contributed by atoms with E-state index in [1.54, 1.807) is 0 Å². The standard InChI is InChI=1S/C54H56O10/c1-7-19-39(20-8-1)31-55-37-45-47(56-32-40-21-9-2-10-22-40)49(57-33-41-23-11-3-12-24-41)52(60-36-44-29-17-6-18-30-44)54(63-45)64-48-46-38-61-53(62-46)51(59-35-43-27-15-5-16-28-43)50(48)58-34-42-25-13-4-14-26-42/h1-30,45-54H,31-38H2/t45-,46-,47+,48-,49+,50+,51+,52-,53-,54-/m1/s1. The zero-order valence-electron chi connectivity index (χ0n) is 35.8. The summed E-state index contributed by atoms with van der Waals surface area (Å²) < 4.78 is 68.1. The number of ether oxygens (including phenoxy) is 10. The van der Waals surface area contributed by atoms with E-state index in [2.05, 4.69) is 0 Å². The fraction of sp³-hybridized carbons (Fsp3) is 0.333. The van der Waals surface area contributed by atoms with E-state index >= 15 is 0 Å². The van der Waals surface area contributed by atoms with Gasteiger partial charge in [0, 0.05) is 0 Å². The molecule has 2 bridgehead atoms. The molecule has 0 unspecified atom stereocenters. The molecule has 0 aromatic heterocycles. The van der Waals surface area contributed by atoms with Gasteiger partial charge in [-0.15, -0.1) is 0 Å². The van der Waals surface area contributed by atoms with Crippen molar-refractivity contribution in [3.05, 3.63) is 215 Å². The minimum Gasteiger partial charge on any atom is -0.374 e. The van der Waals surface area contributed by atoms with E-state index < -0.39 is 61.4 Å². The summed E-state index contributed by atoms with van der Waals surface area (Å²) in [5.74, 6) is 0. The van der Waals surface area contributed by atoms with E-state index in [1.165, 1.54) is 0 Å². The highest BCUT2D eigenvalue weighted by atomic mass is 16.8. The van der Waals surface area contributed by atoms with Gasteiger partial charge in [0.25, 0.3) is 0 Å². The van der Waals surface area contributed by atoms with Crippen LogP contribution >= 0.6 is 0 Å². The lowest BCUT2D eigenvalue weighted by molar-refractivity contribution is -0.359. The largest absolute Gasteiger partial charge is 0.374 e. The van der Waals surface area contributed by atoms with E-state index in [-0.39, 0.29) is 19.8 Å². The number of rotatable bonds is 21. The van der Waals surface area contributed by atoms with Crippen molar-refractivity contribution in [2.75, 3.05) is 13.2 Å². The predicted octanol–water partition coefficient (Wildman–Crippen LogP) is 9.00. The van der Waals surface area contributed by atoms with Crippen LogP contribution in [0.2, 0.25) is 0 Å². The summed E-state index contributed by atoms with van der Waals surface area (Å²) >= 11 is 0. The minimum absolute atomic E-state index is 0.192. The average Bonchev–Trinajstić information content (AvgIpc) is 3.79. The van der Waals surface area contributed by atoms with Crippen LogP contribution in [0.3, 0.4) is 0 Å². The van der Waals surface area contributed by atoms with Crippen LogP contribution in [-0.4, -0.2) is 74.6 Å². The molecule has 10 heteroatoms. The molecule has 6 aromatic carbocycles. The highest BCUT2D eigenvalue weighted by Gasteiger charge is 2.56. The summed E-state index contributed by atoms with van der Waals surface area (Å²) in [6, 6.07) is 60.5. The Kier molecular flexibility index (Phi) is 15.7. The lowest BCUT2D eigenvalue weighted by Gasteiger charge is -2.48. The average molecular weight is 865 g/mol.